The molecular weight excluding hydrogens is 272 g/mol. The molecule has 0 fully saturated rings. The van der Waals surface area contributed by atoms with Crippen molar-refractivity contribution in [2.45, 2.75) is 39.8 Å². The number of ether oxygens (including phenoxy) is 1. The second kappa shape index (κ2) is 9.83. The number of aromatic nitrogens is 2. The molecule has 0 aromatic carbocycles. The lowest BCUT2D eigenvalue weighted by Gasteiger charge is -2.17. The van der Waals surface area contributed by atoms with Crippen LogP contribution in [-0.2, 0) is 11.3 Å². The van der Waals surface area contributed by atoms with Gasteiger partial charge in [0.2, 0.25) is 0 Å². The molecule has 20 heavy (non-hydrogen) atoms. The van der Waals surface area contributed by atoms with Crippen molar-refractivity contribution in [3.63, 3.8) is 0 Å². The number of nitrogens with one attached hydrogen (secondary N) is 2. The molecule has 0 amide bonds. The van der Waals surface area contributed by atoms with Gasteiger partial charge in [-0.1, -0.05) is 6.92 Å². The maximum absolute atomic E-state index is 5.40. The average molecular weight is 298 g/mol. The molecule has 0 saturated heterocycles. The summed E-state index contributed by atoms with van der Waals surface area (Å²) in [7, 11) is 0. The monoisotopic (exact) mass is 298 g/mol. The van der Waals surface area contributed by atoms with Gasteiger partial charge in [-0.15, -0.1) is 0 Å². The summed E-state index contributed by atoms with van der Waals surface area (Å²) in [4.78, 5) is 8.97. The molecule has 0 aliphatic heterocycles. The van der Waals surface area contributed by atoms with Crippen molar-refractivity contribution in [3.8, 4) is 0 Å². The minimum atomic E-state index is 0.425. The number of hydrogen-bond donors (Lipinski definition) is 2. The molecule has 1 atom stereocenters. The van der Waals surface area contributed by atoms with E-state index < -0.39 is 0 Å². The second-order valence-corrected chi connectivity index (χ2v) is 5.34. The summed E-state index contributed by atoms with van der Waals surface area (Å²) in [5.41, 5.74) is 0. The predicted octanol–water partition coefficient (Wildman–Crippen LogP) is 3.00. The molecule has 0 bridgehead atoms. The van der Waals surface area contributed by atoms with E-state index in [2.05, 4.69) is 40.7 Å². The van der Waals surface area contributed by atoms with Gasteiger partial charge in [0.05, 0.1) is 0 Å². The Balaban J connectivity index is 2.83. The Morgan fingerprint density at radius 3 is 2.60 bits per heavy atom. The Morgan fingerprint density at radius 2 is 2.00 bits per heavy atom. The molecule has 1 aromatic heterocycles. The molecule has 1 aromatic rings. The minimum absolute atomic E-state index is 0.425. The minimum Gasteiger partial charge on any atom is -0.374 e. The van der Waals surface area contributed by atoms with E-state index in [0.717, 1.165) is 30.4 Å². The first-order chi connectivity index (χ1) is 9.73. The average Bonchev–Trinajstić information content (AvgIpc) is 2.45. The van der Waals surface area contributed by atoms with Crippen LogP contribution >= 0.6 is 11.8 Å². The summed E-state index contributed by atoms with van der Waals surface area (Å²) >= 11 is 1.84. The van der Waals surface area contributed by atoms with Crippen LogP contribution in [0, 0.1) is 0 Å². The van der Waals surface area contributed by atoms with Crippen molar-refractivity contribution < 1.29 is 4.74 Å². The van der Waals surface area contributed by atoms with Gasteiger partial charge in [0, 0.05) is 31.0 Å². The van der Waals surface area contributed by atoms with E-state index in [0.29, 0.717) is 25.1 Å². The van der Waals surface area contributed by atoms with Gasteiger partial charge in [0.15, 0.2) is 5.82 Å². The molecule has 0 spiro atoms. The summed E-state index contributed by atoms with van der Waals surface area (Å²) in [6.07, 6.45) is 3.19. The van der Waals surface area contributed by atoms with Crippen LogP contribution in [0.2, 0.25) is 0 Å². The zero-order chi connectivity index (χ0) is 14.8. The number of thioether (sulfide) groups is 1. The maximum Gasteiger partial charge on any atom is 0.158 e. The van der Waals surface area contributed by atoms with Crippen molar-refractivity contribution in [2.24, 2.45) is 0 Å². The summed E-state index contributed by atoms with van der Waals surface area (Å²) in [6, 6.07) is 2.39. The predicted molar refractivity (Wildman–Crippen MR) is 87.6 cm³/mol. The van der Waals surface area contributed by atoms with Crippen LogP contribution in [-0.4, -0.2) is 41.2 Å². The molecule has 0 aliphatic carbocycles. The molecule has 0 saturated carbocycles. The number of hydrogen-bond acceptors (Lipinski definition) is 6. The van der Waals surface area contributed by atoms with E-state index in [1.165, 1.54) is 0 Å². The van der Waals surface area contributed by atoms with Gasteiger partial charge in [-0.3, -0.25) is 0 Å². The highest BCUT2D eigenvalue weighted by Crippen LogP contribution is 2.15. The molecule has 1 unspecified atom stereocenters. The first kappa shape index (κ1) is 17.0. The fourth-order valence-electron chi connectivity index (χ4n) is 1.77. The van der Waals surface area contributed by atoms with Crippen LogP contribution in [0.4, 0.5) is 11.6 Å². The molecule has 0 aliphatic rings. The van der Waals surface area contributed by atoms with Crippen LogP contribution in [0.1, 0.15) is 33.0 Å². The summed E-state index contributed by atoms with van der Waals surface area (Å²) < 4.78 is 5.40. The van der Waals surface area contributed by atoms with Crippen molar-refractivity contribution >= 4 is 23.4 Å². The number of nitrogens with zero attached hydrogens (tertiary/aromatic N) is 2. The molecule has 1 heterocycles. The Hall–Kier alpha value is -1.01. The Labute approximate surface area is 126 Å². The van der Waals surface area contributed by atoms with Gasteiger partial charge in [-0.2, -0.15) is 11.8 Å². The van der Waals surface area contributed by atoms with Crippen LogP contribution in [0.25, 0.3) is 0 Å². The highest BCUT2D eigenvalue weighted by molar-refractivity contribution is 7.98. The van der Waals surface area contributed by atoms with E-state index in [4.69, 9.17) is 4.74 Å². The molecule has 1 rings (SSSR count). The highest BCUT2D eigenvalue weighted by Gasteiger charge is 2.09. The lowest BCUT2D eigenvalue weighted by molar-refractivity contribution is 0.128. The fraction of sp³-hybridized carbons (Fsp3) is 0.714. The van der Waals surface area contributed by atoms with Gasteiger partial charge in [0.1, 0.15) is 18.2 Å². The second-order valence-electron chi connectivity index (χ2n) is 4.43. The van der Waals surface area contributed by atoms with Crippen molar-refractivity contribution in [3.05, 3.63) is 11.9 Å². The van der Waals surface area contributed by atoms with Crippen molar-refractivity contribution in [1.29, 1.82) is 0 Å². The summed E-state index contributed by atoms with van der Waals surface area (Å²) in [6.45, 7) is 8.16. The normalized spacial score (nSPS) is 12.2. The third kappa shape index (κ3) is 5.96. The third-order valence-corrected chi connectivity index (χ3v) is 3.51. The molecule has 0 radical (unpaired) electrons. The quantitative estimate of drug-likeness (QED) is 0.692. The topological polar surface area (TPSA) is 59.1 Å². The fourth-order valence-corrected chi connectivity index (χ4v) is 2.49. The van der Waals surface area contributed by atoms with E-state index in [1.54, 1.807) is 0 Å². The number of anilines is 2. The van der Waals surface area contributed by atoms with E-state index >= 15 is 0 Å². The largest absolute Gasteiger partial charge is 0.374 e. The van der Waals surface area contributed by atoms with Gasteiger partial charge in [-0.05, 0) is 26.5 Å². The van der Waals surface area contributed by atoms with Gasteiger partial charge in [0.25, 0.3) is 0 Å². The van der Waals surface area contributed by atoms with Gasteiger partial charge >= 0.3 is 0 Å². The van der Waals surface area contributed by atoms with Crippen LogP contribution in [0.5, 0.6) is 0 Å². The lowest BCUT2D eigenvalue weighted by Crippen LogP contribution is -2.22. The lowest BCUT2D eigenvalue weighted by atomic mass is 10.2. The van der Waals surface area contributed by atoms with Gasteiger partial charge < -0.3 is 15.4 Å². The van der Waals surface area contributed by atoms with E-state index in [-0.39, 0.29) is 0 Å². The molecular formula is C14H26N4OS. The summed E-state index contributed by atoms with van der Waals surface area (Å²) in [5, 5.41) is 6.71. The van der Waals surface area contributed by atoms with Crippen LogP contribution in [0.3, 0.4) is 0 Å². The standard InChI is InChI=1S/C14H26N4OS/c1-5-11(10-20-4)16-13-8-12(15-6-2)17-14(18-13)9-19-7-3/h8,11H,5-7,9-10H2,1-4H3,(H2,15,16,17,18). The Morgan fingerprint density at radius 1 is 1.25 bits per heavy atom. The number of rotatable bonds is 10. The zero-order valence-corrected chi connectivity index (χ0v) is 13.7. The van der Waals surface area contributed by atoms with Gasteiger partial charge in [-0.25, -0.2) is 9.97 Å². The molecule has 6 heteroatoms. The highest BCUT2D eigenvalue weighted by atomic mass is 32.2. The Bertz CT molecular complexity index is 389. The SMILES string of the molecule is CCNc1cc(NC(CC)CSC)nc(COCC)n1. The van der Waals surface area contributed by atoms with Crippen LogP contribution in [0.15, 0.2) is 6.07 Å². The van der Waals surface area contributed by atoms with E-state index in [1.807, 2.05) is 24.8 Å². The molecule has 2 N–H and O–H groups in total. The van der Waals surface area contributed by atoms with E-state index in [9.17, 15) is 0 Å². The molecule has 5 nitrogen and oxygen atoms in total. The summed E-state index contributed by atoms with van der Waals surface area (Å²) in [5.74, 6) is 3.50. The smallest absolute Gasteiger partial charge is 0.158 e. The first-order valence-corrected chi connectivity index (χ1v) is 8.57. The maximum atomic E-state index is 5.40. The van der Waals surface area contributed by atoms with Crippen molar-refractivity contribution in [1.82, 2.24) is 9.97 Å². The van der Waals surface area contributed by atoms with Crippen molar-refractivity contribution in [2.75, 3.05) is 35.8 Å². The molecule has 114 valence electrons. The zero-order valence-electron chi connectivity index (χ0n) is 12.9. The third-order valence-electron chi connectivity index (χ3n) is 2.78. The Kier molecular flexibility index (Phi) is 8.37. The first-order valence-electron chi connectivity index (χ1n) is 7.18. The van der Waals surface area contributed by atoms with Crippen LogP contribution < -0.4 is 10.6 Å².